The maximum atomic E-state index is 9.28. The van der Waals surface area contributed by atoms with Crippen LogP contribution in [-0.4, -0.2) is 10.7 Å². The van der Waals surface area contributed by atoms with Gasteiger partial charge in [-0.1, -0.05) is 0 Å². The van der Waals surface area contributed by atoms with Gasteiger partial charge in [-0.2, -0.15) is 15.8 Å². The van der Waals surface area contributed by atoms with Crippen molar-refractivity contribution in [1.29, 1.82) is 15.8 Å². The lowest BCUT2D eigenvalue weighted by molar-refractivity contribution is 0.0703. The van der Waals surface area contributed by atoms with Gasteiger partial charge in [0.05, 0.1) is 30.5 Å². The fourth-order valence-corrected chi connectivity index (χ4v) is 0.517. The van der Waals surface area contributed by atoms with Crippen molar-refractivity contribution in [3.05, 3.63) is 0 Å². The van der Waals surface area contributed by atoms with Gasteiger partial charge < -0.3 is 5.11 Å². The Morgan fingerprint density at radius 1 is 1.45 bits per heavy atom. The summed E-state index contributed by atoms with van der Waals surface area (Å²) in [5, 5.41) is 34.3. The van der Waals surface area contributed by atoms with Crippen molar-refractivity contribution < 1.29 is 5.11 Å². The summed E-state index contributed by atoms with van der Waals surface area (Å²) >= 11 is 0. The van der Waals surface area contributed by atoms with Crippen LogP contribution in [0.1, 0.15) is 13.3 Å². The van der Waals surface area contributed by atoms with Crippen LogP contribution in [0, 0.1) is 39.9 Å². The van der Waals surface area contributed by atoms with Crippen molar-refractivity contribution in [1.82, 2.24) is 0 Å². The first kappa shape index (κ1) is 9.43. The monoisotopic (exact) mass is 149 g/mol. The van der Waals surface area contributed by atoms with Crippen LogP contribution < -0.4 is 0 Å². The van der Waals surface area contributed by atoms with Crippen LogP contribution in [0.5, 0.6) is 0 Å². The van der Waals surface area contributed by atoms with Gasteiger partial charge in [0.15, 0.2) is 5.60 Å². The van der Waals surface area contributed by atoms with Gasteiger partial charge in [-0.3, -0.25) is 0 Å². The molecule has 1 N–H and O–H groups in total. The first-order valence-corrected chi connectivity index (χ1v) is 3.01. The number of nitriles is 3. The Bertz CT molecular complexity index is 254. The van der Waals surface area contributed by atoms with Crippen LogP contribution in [0.3, 0.4) is 0 Å². The van der Waals surface area contributed by atoms with Crippen LogP contribution in [0.25, 0.3) is 0 Å². The smallest absolute Gasteiger partial charge is 0.179 e. The van der Waals surface area contributed by atoms with E-state index >= 15 is 0 Å². The van der Waals surface area contributed by atoms with E-state index in [1.54, 1.807) is 18.2 Å². The third-order valence-corrected chi connectivity index (χ3v) is 1.45. The molecule has 0 heterocycles. The van der Waals surface area contributed by atoms with Crippen molar-refractivity contribution >= 4 is 0 Å². The molecule has 0 fully saturated rings. The molecule has 0 radical (unpaired) electrons. The summed E-state index contributed by atoms with van der Waals surface area (Å²) in [5.41, 5.74) is -1.82. The molecule has 0 aliphatic heterocycles. The van der Waals surface area contributed by atoms with Crippen LogP contribution in [0.15, 0.2) is 0 Å². The Hall–Kier alpha value is -1.57. The van der Waals surface area contributed by atoms with E-state index in [9.17, 15) is 5.11 Å². The van der Waals surface area contributed by atoms with E-state index in [0.29, 0.717) is 0 Å². The summed E-state index contributed by atoms with van der Waals surface area (Å²) in [6, 6.07) is 4.91. The summed E-state index contributed by atoms with van der Waals surface area (Å²) in [6.45, 7) is 1.40. The molecule has 0 aromatic rings. The summed E-state index contributed by atoms with van der Waals surface area (Å²) in [7, 11) is 0. The summed E-state index contributed by atoms with van der Waals surface area (Å²) in [5.74, 6) is -0.841. The summed E-state index contributed by atoms with van der Waals surface area (Å²) < 4.78 is 0. The van der Waals surface area contributed by atoms with E-state index in [4.69, 9.17) is 15.8 Å². The quantitative estimate of drug-likeness (QED) is 0.572. The lowest BCUT2D eigenvalue weighted by Crippen LogP contribution is -2.33. The zero-order chi connectivity index (χ0) is 8.91. The molecule has 11 heavy (non-hydrogen) atoms. The highest BCUT2D eigenvalue weighted by Gasteiger charge is 2.33. The topological polar surface area (TPSA) is 91.6 Å². The fourth-order valence-electron chi connectivity index (χ4n) is 0.517. The highest BCUT2D eigenvalue weighted by Crippen LogP contribution is 2.18. The third-order valence-electron chi connectivity index (χ3n) is 1.45. The lowest BCUT2D eigenvalue weighted by atomic mass is 9.89. The molecule has 0 saturated carbocycles. The second kappa shape index (κ2) is 3.56. The SMILES string of the molecule is CC(C#N)C(O)(C#N)CC#N. The minimum atomic E-state index is -1.82. The Balaban J connectivity index is 4.55. The molecule has 4 nitrogen and oxygen atoms in total. The third kappa shape index (κ3) is 1.93. The molecule has 2 atom stereocenters. The number of hydrogen-bond acceptors (Lipinski definition) is 4. The number of rotatable bonds is 2. The minimum Gasteiger partial charge on any atom is -0.373 e. The van der Waals surface area contributed by atoms with Gasteiger partial charge in [0.2, 0.25) is 0 Å². The van der Waals surface area contributed by atoms with Gasteiger partial charge in [-0.05, 0) is 6.92 Å². The van der Waals surface area contributed by atoms with E-state index in [1.165, 1.54) is 6.92 Å². The molecule has 0 saturated heterocycles. The Kier molecular flexibility index (Phi) is 3.05. The van der Waals surface area contributed by atoms with Crippen LogP contribution in [-0.2, 0) is 0 Å². The molecule has 0 aliphatic rings. The van der Waals surface area contributed by atoms with Crippen LogP contribution in [0.4, 0.5) is 0 Å². The molecule has 0 amide bonds. The second-order valence-electron chi connectivity index (χ2n) is 2.22. The van der Waals surface area contributed by atoms with Crippen molar-refractivity contribution in [2.75, 3.05) is 0 Å². The predicted molar refractivity (Wildman–Crippen MR) is 35.6 cm³/mol. The van der Waals surface area contributed by atoms with Crippen molar-refractivity contribution in [2.45, 2.75) is 18.9 Å². The molecule has 0 aliphatic carbocycles. The van der Waals surface area contributed by atoms with Gasteiger partial charge in [-0.15, -0.1) is 0 Å². The Labute approximate surface area is 64.9 Å². The van der Waals surface area contributed by atoms with Gasteiger partial charge >= 0.3 is 0 Å². The van der Waals surface area contributed by atoms with Crippen molar-refractivity contribution in [3.63, 3.8) is 0 Å². The van der Waals surface area contributed by atoms with E-state index in [2.05, 4.69) is 0 Å². The first-order valence-electron chi connectivity index (χ1n) is 3.01. The molecule has 0 bridgehead atoms. The van der Waals surface area contributed by atoms with Crippen LogP contribution in [0.2, 0.25) is 0 Å². The highest BCUT2D eigenvalue weighted by molar-refractivity contribution is 5.13. The normalized spacial score (nSPS) is 16.6. The van der Waals surface area contributed by atoms with E-state index < -0.39 is 11.5 Å². The van der Waals surface area contributed by atoms with E-state index in [1.807, 2.05) is 0 Å². The zero-order valence-electron chi connectivity index (χ0n) is 6.07. The number of nitrogens with zero attached hydrogens (tertiary/aromatic N) is 3. The maximum absolute atomic E-state index is 9.28. The molecule has 0 aromatic carbocycles. The van der Waals surface area contributed by atoms with Crippen LogP contribution >= 0.6 is 0 Å². The van der Waals surface area contributed by atoms with E-state index in [0.717, 1.165) is 0 Å². The van der Waals surface area contributed by atoms with Crippen molar-refractivity contribution in [3.8, 4) is 18.2 Å². The van der Waals surface area contributed by atoms with Gasteiger partial charge in [0.1, 0.15) is 0 Å². The average molecular weight is 149 g/mol. The average Bonchev–Trinajstić information content (AvgIpc) is 2.03. The maximum Gasteiger partial charge on any atom is 0.179 e. The molecular formula is C7H7N3O. The zero-order valence-corrected chi connectivity index (χ0v) is 6.07. The molecule has 56 valence electrons. The second-order valence-corrected chi connectivity index (χ2v) is 2.22. The molecule has 0 rings (SSSR count). The fraction of sp³-hybridized carbons (Fsp3) is 0.571. The first-order chi connectivity index (χ1) is 5.10. The van der Waals surface area contributed by atoms with E-state index in [-0.39, 0.29) is 6.42 Å². The molecular weight excluding hydrogens is 142 g/mol. The molecule has 2 unspecified atom stereocenters. The predicted octanol–water partition coefficient (Wildman–Crippen LogP) is 0.314. The van der Waals surface area contributed by atoms with Crippen molar-refractivity contribution in [2.24, 2.45) is 5.92 Å². The number of hydrogen-bond donors (Lipinski definition) is 1. The standard InChI is InChI=1S/C7H7N3O/c1-6(4-9)7(11,5-10)2-3-8/h6,11H,2H2,1H3. The number of aliphatic hydroxyl groups is 1. The summed E-state index contributed by atoms with van der Waals surface area (Å²) in [6.07, 6.45) is -0.335. The Morgan fingerprint density at radius 3 is 2.27 bits per heavy atom. The summed E-state index contributed by atoms with van der Waals surface area (Å²) in [4.78, 5) is 0. The Morgan fingerprint density at radius 2 is 2.00 bits per heavy atom. The minimum absolute atomic E-state index is 0.335. The lowest BCUT2D eigenvalue weighted by Gasteiger charge is -2.17. The highest BCUT2D eigenvalue weighted by atomic mass is 16.3. The molecule has 0 aromatic heterocycles. The molecule has 0 spiro atoms. The molecule has 4 heteroatoms. The largest absolute Gasteiger partial charge is 0.373 e. The van der Waals surface area contributed by atoms with Gasteiger partial charge in [0.25, 0.3) is 0 Å². The van der Waals surface area contributed by atoms with Gasteiger partial charge in [-0.25, -0.2) is 0 Å². The van der Waals surface area contributed by atoms with Gasteiger partial charge in [0, 0.05) is 0 Å².